The van der Waals surface area contributed by atoms with E-state index in [4.69, 9.17) is 4.74 Å². The molecule has 0 saturated carbocycles. The van der Waals surface area contributed by atoms with E-state index in [0.29, 0.717) is 13.2 Å². The van der Waals surface area contributed by atoms with Crippen LogP contribution in [0.5, 0.6) is 0 Å². The number of ether oxygens (including phenoxy) is 1. The Morgan fingerprint density at radius 3 is 2.52 bits per heavy atom. The van der Waals surface area contributed by atoms with Gasteiger partial charge in [0.25, 0.3) is 5.91 Å². The molecule has 6 heteroatoms. The third kappa shape index (κ3) is 5.95. The van der Waals surface area contributed by atoms with Gasteiger partial charge in [0.2, 0.25) is 0 Å². The third-order valence-electron chi connectivity index (χ3n) is 5.03. The number of hydrogen-bond donors (Lipinski definition) is 1. The molecule has 0 fully saturated rings. The Morgan fingerprint density at radius 2 is 2.00 bits per heavy atom. The lowest BCUT2D eigenvalue weighted by Gasteiger charge is -2.26. The van der Waals surface area contributed by atoms with Crippen LogP contribution in [0.15, 0.2) is 11.6 Å². The van der Waals surface area contributed by atoms with E-state index >= 15 is 0 Å². The van der Waals surface area contributed by atoms with E-state index in [1.54, 1.807) is 13.2 Å². The first-order chi connectivity index (χ1) is 12.8. The molecule has 1 rings (SSSR count). The Labute approximate surface area is 163 Å². The molecule has 0 saturated heterocycles. The highest BCUT2D eigenvalue weighted by molar-refractivity contribution is 6.01. The number of nitrogens with zero attached hydrogens (tertiary/aromatic N) is 3. The first-order valence-corrected chi connectivity index (χ1v) is 9.61. The molecule has 0 radical (unpaired) electrons. The second kappa shape index (κ2) is 10.9. The number of likely N-dealkylation sites (N-methyl/N-ethyl adjacent to an activating group) is 1. The number of amides is 1. The predicted molar refractivity (Wildman–Crippen MR) is 109 cm³/mol. The number of methoxy groups -OCH3 is 1. The van der Waals surface area contributed by atoms with Gasteiger partial charge in [-0.2, -0.15) is 5.26 Å². The second-order valence-corrected chi connectivity index (χ2v) is 6.95. The Balaban J connectivity index is 2.96. The number of rotatable bonds is 10. The minimum absolute atomic E-state index is 0.126. The first-order valence-electron chi connectivity index (χ1n) is 9.61. The van der Waals surface area contributed by atoms with Crippen LogP contribution in [0.1, 0.15) is 50.7 Å². The molecule has 2 unspecified atom stereocenters. The summed E-state index contributed by atoms with van der Waals surface area (Å²) in [5.74, 6) is -0.328. The summed E-state index contributed by atoms with van der Waals surface area (Å²) in [4.78, 5) is 14.7. The number of carbonyl (C=O) groups is 1. The number of aryl methyl sites for hydroxylation is 1. The molecule has 1 N–H and O–H groups in total. The van der Waals surface area contributed by atoms with Crippen molar-refractivity contribution in [3.8, 4) is 6.07 Å². The molecular formula is C21H34N4O2. The highest BCUT2D eigenvalue weighted by Crippen LogP contribution is 2.22. The average molecular weight is 375 g/mol. The predicted octanol–water partition coefficient (Wildman–Crippen LogP) is 3.07. The van der Waals surface area contributed by atoms with Crippen molar-refractivity contribution in [2.45, 2.75) is 53.6 Å². The molecule has 27 heavy (non-hydrogen) atoms. The maximum atomic E-state index is 12.5. The van der Waals surface area contributed by atoms with Crippen LogP contribution in [0.2, 0.25) is 0 Å². The molecular weight excluding hydrogens is 340 g/mol. The van der Waals surface area contributed by atoms with Crippen molar-refractivity contribution < 1.29 is 9.53 Å². The van der Waals surface area contributed by atoms with Crippen molar-refractivity contribution in [3.63, 3.8) is 0 Å². The fraction of sp³-hybridized carbons (Fsp3) is 0.619. The summed E-state index contributed by atoms with van der Waals surface area (Å²) >= 11 is 0. The monoisotopic (exact) mass is 374 g/mol. The van der Waals surface area contributed by atoms with E-state index in [0.717, 1.165) is 30.0 Å². The summed E-state index contributed by atoms with van der Waals surface area (Å²) in [6.45, 7) is 15.4. The van der Waals surface area contributed by atoms with Crippen molar-refractivity contribution in [1.82, 2.24) is 14.8 Å². The normalized spacial score (nSPS) is 14.1. The van der Waals surface area contributed by atoms with Gasteiger partial charge in [0, 0.05) is 31.1 Å². The quantitative estimate of drug-likeness (QED) is 0.505. The van der Waals surface area contributed by atoms with Gasteiger partial charge in [0.05, 0.1) is 12.6 Å². The lowest BCUT2D eigenvalue weighted by Crippen LogP contribution is -2.42. The lowest BCUT2D eigenvalue weighted by atomic mass is 10.1. The van der Waals surface area contributed by atoms with Gasteiger partial charge in [0.1, 0.15) is 11.6 Å². The maximum absolute atomic E-state index is 12.5. The van der Waals surface area contributed by atoms with Crippen LogP contribution in [-0.4, -0.2) is 54.8 Å². The highest BCUT2D eigenvalue weighted by atomic mass is 16.5. The van der Waals surface area contributed by atoms with Crippen LogP contribution in [0.4, 0.5) is 0 Å². The summed E-state index contributed by atoms with van der Waals surface area (Å²) < 4.78 is 7.42. The topological polar surface area (TPSA) is 70.3 Å². The van der Waals surface area contributed by atoms with Gasteiger partial charge in [-0.15, -0.1) is 0 Å². The number of nitriles is 1. The zero-order chi connectivity index (χ0) is 20.6. The molecule has 150 valence electrons. The van der Waals surface area contributed by atoms with Gasteiger partial charge in [0.15, 0.2) is 0 Å². The Morgan fingerprint density at radius 1 is 1.37 bits per heavy atom. The number of nitrogens with one attached hydrogen (secondary N) is 1. The number of carbonyl (C=O) groups excluding carboxylic acids is 1. The fourth-order valence-electron chi connectivity index (χ4n) is 3.56. The Kier molecular flexibility index (Phi) is 9.27. The summed E-state index contributed by atoms with van der Waals surface area (Å²) in [5, 5.41) is 12.4. The molecule has 1 aromatic rings. The molecule has 0 aliphatic heterocycles. The van der Waals surface area contributed by atoms with Crippen LogP contribution in [0.3, 0.4) is 0 Å². The minimum atomic E-state index is -0.328. The summed E-state index contributed by atoms with van der Waals surface area (Å²) in [6, 6.07) is 4.46. The van der Waals surface area contributed by atoms with Gasteiger partial charge < -0.3 is 14.6 Å². The summed E-state index contributed by atoms with van der Waals surface area (Å²) in [6.07, 6.45) is 1.68. The van der Waals surface area contributed by atoms with E-state index < -0.39 is 0 Å². The summed E-state index contributed by atoms with van der Waals surface area (Å²) in [7, 11) is 1.68. The van der Waals surface area contributed by atoms with Gasteiger partial charge >= 0.3 is 0 Å². The van der Waals surface area contributed by atoms with Crippen molar-refractivity contribution in [3.05, 3.63) is 28.6 Å². The van der Waals surface area contributed by atoms with Gasteiger partial charge in [-0.1, -0.05) is 13.8 Å². The van der Waals surface area contributed by atoms with Crippen molar-refractivity contribution in [1.29, 1.82) is 5.26 Å². The zero-order valence-electron chi connectivity index (χ0n) is 17.8. The van der Waals surface area contributed by atoms with Gasteiger partial charge in [-0.05, 0) is 58.5 Å². The lowest BCUT2D eigenvalue weighted by molar-refractivity contribution is -0.117. The van der Waals surface area contributed by atoms with Crippen LogP contribution < -0.4 is 5.32 Å². The standard InChI is InChI=1S/C21H34N4O2/c1-8-24(9-2)16(4)13-23-21(26)20(12-22)11-19-10-15(3)25(18(19)6)17(5)14-27-7/h10-11,16-17H,8-9,13-14H2,1-7H3,(H,23,26)/b20-11-. The van der Waals surface area contributed by atoms with Crippen molar-refractivity contribution in [2.75, 3.05) is 33.4 Å². The van der Waals surface area contributed by atoms with Crippen molar-refractivity contribution >= 4 is 12.0 Å². The molecule has 1 amide bonds. The van der Waals surface area contributed by atoms with Crippen molar-refractivity contribution in [2.24, 2.45) is 0 Å². The molecule has 2 atom stereocenters. The molecule has 1 aromatic heterocycles. The fourth-order valence-corrected chi connectivity index (χ4v) is 3.56. The number of hydrogen-bond acceptors (Lipinski definition) is 4. The molecule has 0 bridgehead atoms. The van der Waals surface area contributed by atoms with E-state index in [-0.39, 0.29) is 23.6 Å². The Bertz CT molecular complexity index is 696. The number of aromatic nitrogens is 1. The SMILES string of the molecule is CCN(CC)C(C)CNC(=O)/C(C#N)=C\c1cc(C)n(C(C)COC)c1C. The van der Waals surface area contributed by atoms with E-state index in [1.165, 1.54) is 0 Å². The maximum Gasteiger partial charge on any atom is 0.262 e. The highest BCUT2D eigenvalue weighted by Gasteiger charge is 2.17. The average Bonchev–Trinajstić information content (AvgIpc) is 2.92. The molecule has 0 aromatic carbocycles. The van der Waals surface area contributed by atoms with Crippen LogP contribution in [0, 0.1) is 25.2 Å². The van der Waals surface area contributed by atoms with E-state index in [1.807, 2.05) is 26.0 Å². The van der Waals surface area contributed by atoms with E-state index in [2.05, 4.69) is 42.5 Å². The van der Waals surface area contributed by atoms with E-state index in [9.17, 15) is 10.1 Å². The minimum Gasteiger partial charge on any atom is -0.383 e. The third-order valence-corrected chi connectivity index (χ3v) is 5.03. The molecule has 6 nitrogen and oxygen atoms in total. The molecule has 0 spiro atoms. The zero-order valence-corrected chi connectivity index (χ0v) is 17.8. The first kappa shape index (κ1) is 22.9. The van der Waals surface area contributed by atoms with Crippen LogP contribution in [0.25, 0.3) is 6.08 Å². The van der Waals surface area contributed by atoms with Gasteiger partial charge in [-0.25, -0.2) is 0 Å². The molecule has 1 heterocycles. The van der Waals surface area contributed by atoms with Crippen LogP contribution >= 0.6 is 0 Å². The largest absolute Gasteiger partial charge is 0.383 e. The second-order valence-electron chi connectivity index (χ2n) is 6.95. The summed E-state index contributed by atoms with van der Waals surface area (Å²) in [5.41, 5.74) is 3.12. The van der Waals surface area contributed by atoms with Crippen LogP contribution in [-0.2, 0) is 9.53 Å². The Hall–Kier alpha value is -2.10. The van der Waals surface area contributed by atoms with Gasteiger partial charge in [-0.3, -0.25) is 9.69 Å². The smallest absolute Gasteiger partial charge is 0.262 e. The molecule has 0 aliphatic carbocycles. The molecule has 0 aliphatic rings.